The standard InChI is InChI=1S/C12H10ClNO2/c1-7-6-14-11(10(7)12(15)16)8-4-2-3-5-9(8)13/h2-6,14H,1H3,(H,15,16). The average Bonchev–Trinajstić information content (AvgIpc) is 2.61. The summed E-state index contributed by atoms with van der Waals surface area (Å²) in [5.74, 6) is -0.950. The second-order valence-corrected chi connectivity index (χ2v) is 3.91. The number of hydrogen-bond donors (Lipinski definition) is 2. The van der Waals surface area contributed by atoms with Gasteiger partial charge in [-0.05, 0) is 18.6 Å². The highest BCUT2D eigenvalue weighted by molar-refractivity contribution is 6.33. The van der Waals surface area contributed by atoms with Crippen molar-refractivity contribution in [3.05, 3.63) is 46.6 Å². The van der Waals surface area contributed by atoms with Crippen LogP contribution in [0.5, 0.6) is 0 Å². The third-order valence-corrected chi connectivity index (χ3v) is 2.76. The molecule has 4 heteroatoms. The minimum atomic E-state index is -0.950. The summed E-state index contributed by atoms with van der Waals surface area (Å²) in [5.41, 5.74) is 2.22. The Hall–Kier alpha value is -1.74. The van der Waals surface area contributed by atoms with Crippen LogP contribution in [0.15, 0.2) is 30.5 Å². The monoisotopic (exact) mass is 235 g/mol. The van der Waals surface area contributed by atoms with Gasteiger partial charge in [0.25, 0.3) is 0 Å². The van der Waals surface area contributed by atoms with E-state index in [-0.39, 0.29) is 5.56 Å². The third-order valence-electron chi connectivity index (χ3n) is 2.43. The van der Waals surface area contributed by atoms with Gasteiger partial charge in [0.1, 0.15) is 0 Å². The number of benzene rings is 1. The van der Waals surface area contributed by atoms with Crippen molar-refractivity contribution in [2.75, 3.05) is 0 Å². The SMILES string of the molecule is Cc1c[nH]c(-c2ccccc2Cl)c1C(=O)O. The van der Waals surface area contributed by atoms with Gasteiger partial charge < -0.3 is 10.1 Å². The van der Waals surface area contributed by atoms with Crippen molar-refractivity contribution in [1.82, 2.24) is 4.98 Å². The molecular weight excluding hydrogens is 226 g/mol. The van der Waals surface area contributed by atoms with Crippen molar-refractivity contribution in [1.29, 1.82) is 0 Å². The van der Waals surface area contributed by atoms with Gasteiger partial charge in [-0.3, -0.25) is 0 Å². The van der Waals surface area contributed by atoms with Crippen molar-refractivity contribution in [2.45, 2.75) is 6.92 Å². The molecule has 0 aliphatic heterocycles. The van der Waals surface area contributed by atoms with E-state index in [1.165, 1.54) is 0 Å². The fourth-order valence-corrected chi connectivity index (χ4v) is 1.90. The summed E-state index contributed by atoms with van der Waals surface area (Å²) in [7, 11) is 0. The highest BCUT2D eigenvalue weighted by Gasteiger charge is 2.17. The number of aromatic nitrogens is 1. The Labute approximate surface area is 97.7 Å². The Kier molecular flexibility index (Phi) is 2.71. The van der Waals surface area contributed by atoms with Crippen LogP contribution >= 0.6 is 11.6 Å². The van der Waals surface area contributed by atoms with E-state index < -0.39 is 5.97 Å². The molecule has 0 amide bonds. The maximum absolute atomic E-state index is 11.1. The van der Waals surface area contributed by atoms with Gasteiger partial charge in [0.15, 0.2) is 0 Å². The van der Waals surface area contributed by atoms with Crippen molar-refractivity contribution in [3.63, 3.8) is 0 Å². The smallest absolute Gasteiger partial charge is 0.338 e. The number of hydrogen-bond acceptors (Lipinski definition) is 1. The van der Waals surface area contributed by atoms with Crippen molar-refractivity contribution < 1.29 is 9.90 Å². The zero-order chi connectivity index (χ0) is 11.7. The third kappa shape index (κ3) is 1.70. The molecule has 0 fully saturated rings. The Morgan fingerprint density at radius 2 is 2.06 bits per heavy atom. The number of aromatic amines is 1. The fraction of sp³-hybridized carbons (Fsp3) is 0.0833. The lowest BCUT2D eigenvalue weighted by Gasteiger charge is -2.03. The van der Waals surface area contributed by atoms with E-state index in [1.807, 2.05) is 12.1 Å². The first-order chi connectivity index (χ1) is 7.61. The van der Waals surface area contributed by atoms with Crippen molar-refractivity contribution in [3.8, 4) is 11.3 Å². The minimum Gasteiger partial charge on any atom is -0.478 e. The Morgan fingerprint density at radius 3 is 2.69 bits per heavy atom. The van der Waals surface area contributed by atoms with Gasteiger partial charge in [-0.1, -0.05) is 29.8 Å². The molecule has 0 saturated carbocycles. The lowest BCUT2D eigenvalue weighted by Crippen LogP contribution is -1.99. The fourth-order valence-electron chi connectivity index (χ4n) is 1.67. The van der Waals surface area contributed by atoms with Crippen molar-refractivity contribution >= 4 is 17.6 Å². The van der Waals surface area contributed by atoms with Gasteiger partial charge in [0, 0.05) is 16.8 Å². The summed E-state index contributed by atoms with van der Waals surface area (Å²) in [4.78, 5) is 14.1. The molecule has 1 aromatic heterocycles. The number of carbonyl (C=O) groups is 1. The zero-order valence-corrected chi connectivity index (χ0v) is 9.38. The van der Waals surface area contributed by atoms with Crippen LogP contribution in [0, 0.1) is 6.92 Å². The van der Waals surface area contributed by atoms with Crippen LogP contribution in [-0.4, -0.2) is 16.1 Å². The molecule has 1 heterocycles. The van der Waals surface area contributed by atoms with Crippen molar-refractivity contribution in [2.24, 2.45) is 0 Å². The van der Waals surface area contributed by atoms with E-state index in [0.29, 0.717) is 21.8 Å². The highest BCUT2D eigenvalue weighted by Crippen LogP contribution is 2.30. The summed E-state index contributed by atoms with van der Waals surface area (Å²) in [6.07, 6.45) is 1.67. The van der Waals surface area contributed by atoms with Gasteiger partial charge in [0.2, 0.25) is 0 Å². The number of halogens is 1. The Morgan fingerprint density at radius 1 is 1.38 bits per heavy atom. The van der Waals surface area contributed by atoms with Crippen LogP contribution in [0.3, 0.4) is 0 Å². The highest BCUT2D eigenvalue weighted by atomic mass is 35.5. The quantitative estimate of drug-likeness (QED) is 0.839. The molecule has 2 aromatic rings. The predicted octanol–water partition coefficient (Wildman–Crippen LogP) is 3.34. The maximum atomic E-state index is 11.1. The molecule has 0 saturated heterocycles. The molecule has 3 nitrogen and oxygen atoms in total. The number of aryl methyl sites for hydroxylation is 1. The molecule has 2 rings (SSSR count). The van der Waals surface area contributed by atoms with Gasteiger partial charge in [0.05, 0.1) is 11.3 Å². The maximum Gasteiger partial charge on any atom is 0.338 e. The second kappa shape index (κ2) is 4.02. The summed E-state index contributed by atoms with van der Waals surface area (Å²) in [6.45, 7) is 1.75. The number of H-pyrrole nitrogens is 1. The van der Waals surface area contributed by atoms with Crippen LogP contribution in [0.2, 0.25) is 5.02 Å². The van der Waals surface area contributed by atoms with Crippen LogP contribution < -0.4 is 0 Å². The number of carboxylic acids is 1. The van der Waals surface area contributed by atoms with E-state index in [2.05, 4.69) is 4.98 Å². The number of carboxylic acid groups (broad SMARTS) is 1. The second-order valence-electron chi connectivity index (χ2n) is 3.51. The molecule has 0 bridgehead atoms. The lowest BCUT2D eigenvalue weighted by molar-refractivity contribution is 0.0697. The summed E-state index contributed by atoms with van der Waals surface area (Å²) >= 11 is 6.03. The largest absolute Gasteiger partial charge is 0.478 e. The molecule has 0 atom stereocenters. The molecule has 2 N–H and O–H groups in total. The lowest BCUT2D eigenvalue weighted by atomic mass is 10.1. The first-order valence-electron chi connectivity index (χ1n) is 4.77. The Balaban J connectivity index is 2.66. The molecule has 16 heavy (non-hydrogen) atoms. The van der Waals surface area contributed by atoms with E-state index in [4.69, 9.17) is 16.7 Å². The minimum absolute atomic E-state index is 0.271. The van der Waals surface area contributed by atoms with Gasteiger partial charge in [-0.2, -0.15) is 0 Å². The molecule has 82 valence electrons. The molecular formula is C12H10ClNO2. The summed E-state index contributed by atoms with van der Waals surface area (Å²) in [6, 6.07) is 7.16. The molecule has 1 aromatic carbocycles. The first-order valence-corrected chi connectivity index (χ1v) is 5.15. The van der Waals surface area contributed by atoms with Crippen LogP contribution in [0.4, 0.5) is 0 Å². The van der Waals surface area contributed by atoms with E-state index in [1.54, 1.807) is 25.3 Å². The molecule has 0 aliphatic rings. The Bertz CT molecular complexity index is 546. The topological polar surface area (TPSA) is 53.1 Å². The van der Waals surface area contributed by atoms with Gasteiger partial charge in [-0.25, -0.2) is 4.79 Å². The zero-order valence-electron chi connectivity index (χ0n) is 8.62. The van der Waals surface area contributed by atoms with Crippen LogP contribution in [-0.2, 0) is 0 Å². The predicted molar refractivity (Wildman–Crippen MR) is 62.9 cm³/mol. The van der Waals surface area contributed by atoms with Gasteiger partial charge in [-0.15, -0.1) is 0 Å². The van der Waals surface area contributed by atoms with Crippen LogP contribution in [0.25, 0.3) is 11.3 Å². The van der Waals surface area contributed by atoms with E-state index in [0.717, 1.165) is 0 Å². The van der Waals surface area contributed by atoms with Crippen LogP contribution in [0.1, 0.15) is 15.9 Å². The average molecular weight is 236 g/mol. The normalized spacial score (nSPS) is 10.4. The summed E-state index contributed by atoms with van der Waals surface area (Å²) in [5, 5.41) is 9.66. The van der Waals surface area contributed by atoms with Gasteiger partial charge >= 0.3 is 5.97 Å². The number of nitrogens with one attached hydrogen (secondary N) is 1. The molecule has 0 unspecified atom stereocenters. The van der Waals surface area contributed by atoms with E-state index in [9.17, 15) is 4.79 Å². The molecule has 0 radical (unpaired) electrons. The number of aromatic carboxylic acids is 1. The molecule has 0 spiro atoms. The molecule has 0 aliphatic carbocycles. The summed E-state index contributed by atoms with van der Waals surface area (Å²) < 4.78 is 0. The first kappa shape index (κ1) is 10.8. The number of rotatable bonds is 2. The van der Waals surface area contributed by atoms with E-state index >= 15 is 0 Å².